The smallest absolute Gasteiger partial charge is 0.167 e. The second kappa shape index (κ2) is 12.2. The molecule has 0 bridgehead atoms. The number of piperidine rings is 1. The Hall–Kier alpha value is -3.12. The molecule has 2 aliphatic heterocycles. The van der Waals surface area contributed by atoms with Crippen LogP contribution in [-0.2, 0) is 0 Å². The minimum absolute atomic E-state index is 0.134. The molecule has 2 aliphatic rings. The highest BCUT2D eigenvalue weighted by atomic mass is 16.1. The monoisotopic (exact) mass is 509 g/mol. The summed E-state index contributed by atoms with van der Waals surface area (Å²) in [4.78, 5) is 33.2. The van der Waals surface area contributed by atoms with Gasteiger partial charge in [-0.05, 0) is 30.5 Å². The van der Waals surface area contributed by atoms with Crippen LogP contribution >= 0.6 is 0 Å². The molecule has 1 N–H and O–H groups in total. The average Bonchev–Trinajstić information content (AvgIpc) is 2.98. The summed E-state index contributed by atoms with van der Waals surface area (Å²) < 4.78 is 0. The van der Waals surface area contributed by atoms with E-state index in [0.717, 1.165) is 56.0 Å². The van der Waals surface area contributed by atoms with Crippen LogP contribution in [0.15, 0.2) is 78.9 Å². The van der Waals surface area contributed by atoms with E-state index in [1.807, 2.05) is 60.7 Å². The van der Waals surface area contributed by atoms with E-state index in [0.29, 0.717) is 13.1 Å². The van der Waals surface area contributed by atoms with Crippen molar-refractivity contribution < 1.29 is 9.59 Å². The van der Waals surface area contributed by atoms with Crippen LogP contribution in [0.2, 0.25) is 0 Å². The molecule has 2 fully saturated rings. The number of aryl methyl sites for hydroxylation is 1. The molecule has 0 aliphatic carbocycles. The molecule has 2 heterocycles. The Labute approximate surface area is 226 Å². The van der Waals surface area contributed by atoms with Crippen LogP contribution in [0, 0.1) is 25.7 Å². The minimum Gasteiger partial charge on any atom is -0.314 e. The maximum atomic E-state index is 14.2. The van der Waals surface area contributed by atoms with Gasteiger partial charge in [-0.3, -0.25) is 14.5 Å². The average molecular weight is 510 g/mol. The number of piperazine rings is 1. The van der Waals surface area contributed by atoms with E-state index in [2.05, 4.69) is 47.2 Å². The number of likely N-dealkylation sites (tertiary alicyclic amines) is 1. The van der Waals surface area contributed by atoms with Gasteiger partial charge in [0.05, 0.1) is 0 Å². The number of carbonyl (C=O) groups is 2. The molecule has 2 saturated heterocycles. The lowest BCUT2D eigenvalue weighted by Gasteiger charge is -2.44. The zero-order chi connectivity index (χ0) is 26.5. The van der Waals surface area contributed by atoms with Gasteiger partial charge in [-0.1, -0.05) is 78.9 Å². The first-order chi connectivity index (χ1) is 18.5. The molecule has 3 aromatic rings. The molecule has 5 heteroatoms. The number of hydrogen-bond donors (Lipinski definition) is 1. The molecular formula is C33H39N3O2. The standard InChI is InChI=1S/C33H39N3O2/c1-24-10-9-15-28(25(24)2)31-29(32(37)26-11-5-3-6-12-26)22-36(21-20-35-18-16-34-17-19-35)23-30(31)33(38)27-13-7-4-8-14-27/h3-15,29-31,34H,16-23H2,1-2H3. The van der Waals surface area contributed by atoms with Crippen molar-refractivity contribution >= 4 is 11.6 Å². The Bertz CT molecular complexity index is 1180. The summed E-state index contributed by atoms with van der Waals surface area (Å²) in [5, 5.41) is 3.42. The van der Waals surface area contributed by atoms with Crippen LogP contribution in [0.4, 0.5) is 0 Å². The SMILES string of the molecule is Cc1cccc(C2C(C(=O)c3ccccc3)CN(CCN3CCNCC3)CC2C(=O)c2ccccc2)c1C. The lowest BCUT2D eigenvalue weighted by atomic mass is 9.67. The van der Waals surface area contributed by atoms with Crippen LogP contribution in [-0.4, -0.2) is 73.7 Å². The first-order valence-electron chi connectivity index (χ1n) is 13.9. The van der Waals surface area contributed by atoms with E-state index in [1.54, 1.807) is 0 Å². The van der Waals surface area contributed by atoms with Gasteiger partial charge in [-0.25, -0.2) is 0 Å². The third-order valence-corrected chi connectivity index (χ3v) is 8.51. The summed E-state index contributed by atoms with van der Waals surface area (Å²) in [6.07, 6.45) is 0. The van der Waals surface area contributed by atoms with Gasteiger partial charge < -0.3 is 10.2 Å². The number of hydrogen-bond acceptors (Lipinski definition) is 5. The van der Waals surface area contributed by atoms with E-state index in [9.17, 15) is 9.59 Å². The second-order valence-electron chi connectivity index (χ2n) is 10.8. The number of rotatable bonds is 8. The minimum atomic E-state index is -0.299. The number of Topliss-reactive ketones (excluding diaryl/α,β-unsaturated/α-hetero) is 2. The number of carbonyl (C=O) groups excluding carboxylic acids is 2. The highest BCUT2D eigenvalue weighted by Crippen LogP contribution is 2.42. The molecule has 2 unspecified atom stereocenters. The largest absolute Gasteiger partial charge is 0.314 e. The van der Waals surface area contributed by atoms with Gasteiger partial charge in [-0.2, -0.15) is 0 Å². The fourth-order valence-corrected chi connectivity index (χ4v) is 6.23. The van der Waals surface area contributed by atoms with E-state index >= 15 is 0 Å². The summed E-state index contributed by atoms with van der Waals surface area (Å²) in [5.41, 5.74) is 4.96. The van der Waals surface area contributed by atoms with Gasteiger partial charge >= 0.3 is 0 Å². The quantitative estimate of drug-likeness (QED) is 0.450. The Morgan fingerprint density at radius 2 is 1.24 bits per heavy atom. The second-order valence-corrected chi connectivity index (χ2v) is 10.8. The van der Waals surface area contributed by atoms with Crippen LogP contribution < -0.4 is 5.32 Å². The summed E-state index contributed by atoms with van der Waals surface area (Å²) in [6.45, 7) is 11.5. The number of ketones is 2. The van der Waals surface area contributed by atoms with Crippen molar-refractivity contribution in [1.29, 1.82) is 0 Å². The van der Waals surface area contributed by atoms with Gasteiger partial charge in [-0.15, -0.1) is 0 Å². The van der Waals surface area contributed by atoms with E-state index in [4.69, 9.17) is 0 Å². The molecule has 0 aromatic heterocycles. The Balaban J connectivity index is 1.54. The van der Waals surface area contributed by atoms with Gasteiger partial charge in [0.25, 0.3) is 0 Å². The van der Waals surface area contributed by atoms with Crippen molar-refractivity contribution in [2.45, 2.75) is 19.8 Å². The third kappa shape index (κ3) is 5.80. The number of nitrogens with one attached hydrogen (secondary N) is 1. The highest BCUT2D eigenvalue weighted by Gasteiger charge is 2.45. The summed E-state index contributed by atoms with van der Waals surface area (Å²) in [5.74, 6) is -0.506. The number of nitrogens with zero attached hydrogens (tertiary/aromatic N) is 2. The van der Waals surface area contributed by atoms with Gasteiger partial charge in [0.2, 0.25) is 0 Å². The van der Waals surface area contributed by atoms with E-state index in [-0.39, 0.29) is 29.3 Å². The molecule has 0 radical (unpaired) electrons. The fraction of sp³-hybridized carbons (Fsp3) is 0.394. The van der Waals surface area contributed by atoms with Gasteiger partial charge in [0.15, 0.2) is 11.6 Å². The van der Waals surface area contributed by atoms with E-state index < -0.39 is 0 Å². The molecule has 3 aromatic carbocycles. The van der Waals surface area contributed by atoms with Crippen LogP contribution in [0.1, 0.15) is 43.3 Å². The summed E-state index contributed by atoms with van der Waals surface area (Å²) >= 11 is 0. The normalized spacial score (nSPS) is 22.7. The third-order valence-electron chi connectivity index (χ3n) is 8.51. The first kappa shape index (κ1) is 26.5. The van der Waals surface area contributed by atoms with Gasteiger partial charge in [0, 0.05) is 81.2 Å². The fourth-order valence-electron chi connectivity index (χ4n) is 6.23. The highest BCUT2D eigenvalue weighted by molar-refractivity contribution is 6.02. The van der Waals surface area contributed by atoms with Crippen molar-refractivity contribution in [3.05, 3.63) is 107 Å². The molecule has 5 nitrogen and oxygen atoms in total. The van der Waals surface area contributed by atoms with Crippen molar-refractivity contribution in [2.24, 2.45) is 11.8 Å². The zero-order valence-electron chi connectivity index (χ0n) is 22.6. The van der Waals surface area contributed by atoms with Crippen molar-refractivity contribution in [3.63, 3.8) is 0 Å². The van der Waals surface area contributed by atoms with Crippen LogP contribution in [0.3, 0.4) is 0 Å². The van der Waals surface area contributed by atoms with Crippen molar-refractivity contribution in [2.75, 3.05) is 52.4 Å². The molecule has 2 atom stereocenters. The summed E-state index contributed by atoms with van der Waals surface area (Å²) in [7, 11) is 0. The predicted octanol–water partition coefficient (Wildman–Crippen LogP) is 4.61. The molecule has 38 heavy (non-hydrogen) atoms. The number of benzene rings is 3. The van der Waals surface area contributed by atoms with E-state index in [1.165, 1.54) is 11.1 Å². The van der Waals surface area contributed by atoms with Crippen molar-refractivity contribution in [3.8, 4) is 0 Å². The van der Waals surface area contributed by atoms with Crippen LogP contribution in [0.5, 0.6) is 0 Å². The molecule has 198 valence electrons. The summed E-state index contributed by atoms with van der Waals surface area (Å²) in [6, 6.07) is 25.6. The van der Waals surface area contributed by atoms with Crippen LogP contribution in [0.25, 0.3) is 0 Å². The maximum absolute atomic E-state index is 14.2. The molecule has 0 saturated carbocycles. The van der Waals surface area contributed by atoms with Crippen molar-refractivity contribution in [1.82, 2.24) is 15.1 Å². The van der Waals surface area contributed by atoms with Gasteiger partial charge in [0.1, 0.15) is 0 Å². The molecule has 0 spiro atoms. The first-order valence-corrected chi connectivity index (χ1v) is 13.9. The maximum Gasteiger partial charge on any atom is 0.167 e. The Kier molecular flexibility index (Phi) is 8.48. The predicted molar refractivity (Wildman–Crippen MR) is 153 cm³/mol. The zero-order valence-corrected chi connectivity index (χ0v) is 22.6. The lowest BCUT2D eigenvalue weighted by Crippen LogP contribution is -2.53. The molecule has 0 amide bonds. The lowest BCUT2D eigenvalue weighted by molar-refractivity contribution is 0.0543. The Morgan fingerprint density at radius 3 is 1.79 bits per heavy atom. The molecule has 5 rings (SSSR count). The topological polar surface area (TPSA) is 52.7 Å². The molecular weight excluding hydrogens is 470 g/mol. The Morgan fingerprint density at radius 1 is 0.711 bits per heavy atom.